The van der Waals surface area contributed by atoms with Gasteiger partial charge in [-0.15, -0.1) is 11.6 Å². The maximum absolute atomic E-state index is 11.5. The Morgan fingerprint density at radius 3 is 2.58 bits per heavy atom. The molecular weight excluding hydrogens is 270 g/mol. The number of benzene rings is 1. The van der Waals surface area contributed by atoms with E-state index < -0.39 is 5.97 Å². The van der Waals surface area contributed by atoms with E-state index in [1.807, 2.05) is 0 Å². The minimum absolute atomic E-state index is 0.257. The highest BCUT2D eigenvalue weighted by molar-refractivity contribution is 6.17. The van der Waals surface area contributed by atoms with Crippen LogP contribution in [0, 0.1) is 0 Å². The molecule has 0 heterocycles. The maximum atomic E-state index is 11.5. The maximum Gasteiger partial charge on any atom is 0.340 e. The lowest BCUT2D eigenvalue weighted by atomic mass is 10.1. The lowest BCUT2D eigenvalue weighted by molar-refractivity contribution is 0.0601. The largest absolute Gasteiger partial charge is 0.493 e. The molecule has 106 valence electrons. The van der Waals surface area contributed by atoms with Gasteiger partial charge in [-0.2, -0.15) is 0 Å². The van der Waals surface area contributed by atoms with Gasteiger partial charge in [0, 0.05) is 18.0 Å². The second-order valence-electron chi connectivity index (χ2n) is 3.83. The third-order valence-electron chi connectivity index (χ3n) is 2.53. The van der Waals surface area contributed by atoms with Gasteiger partial charge in [0.25, 0.3) is 0 Å². The summed E-state index contributed by atoms with van der Waals surface area (Å²) in [5, 5.41) is 0. The number of methoxy groups -OCH3 is 2. The minimum atomic E-state index is -0.510. The second kappa shape index (κ2) is 7.74. The Hall–Kier alpha value is -1.62. The zero-order chi connectivity index (χ0) is 14.3. The molecule has 0 bridgehead atoms. The molecule has 0 saturated heterocycles. The molecule has 0 aliphatic rings. The molecule has 0 amide bonds. The summed E-state index contributed by atoms with van der Waals surface area (Å²) in [4.78, 5) is 11.5. The van der Waals surface area contributed by atoms with Crippen molar-refractivity contribution in [2.45, 2.75) is 12.8 Å². The molecule has 0 atom stereocenters. The highest BCUT2D eigenvalue weighted by Crippen LogP contribution is 2.32. The van der Waals surface area contributed by atoms with Gasteiger partial charge in [0.2, 0.25) is 0 Å². The predicted molar refractivity (Wildman–Crippen MR) is 74.2 cm³/mol. The smallest absolute Gasteiger partial charge is 0.340 e. The van der Waals surface area contributed by atoms with Crippen molar-refractivity contribution in [1.29, 1.82) is 0 Å². The van der Waals surface area contributed by atoms with Crippen LogP contribution in [0.25, 0.3) is 0 Å². The first-order valence-electron chi connectivity index (χ1n) is 5.88. The van der Waals surface area contributed by atoms with E-state index in [0.717, 1.165) is 12.8 Å². The van der Waals surface area contributed by atoms with Gasteiger partial charge in [0.1, 0.15) is 0 Å². The molecule has 6 heteroatoms. The number of halogens is 1. The minimum Gasteiger partial charge on any atom is -0.493 e. The average Bonchev–Trinajstić information content (AvgIpc) is 2.43. The number of hydrogen-bond donors (Lipinski definition) is 1. The SMILES string of the molecule is COC(=O)c1cc(OC)c(OCCCCCl)cc1N. The molecule has 1 aromatic rings. The van der Waals surface area contributed by atoms with Gasteiger partial charge in [-0.25, -0.2) is 4.79 Å². The van der Waals surface area contributed by atoms with Crippen molar-refractivity contribution in [3.05, 3.63) is 17.7 Å². The Kier molecular flexibility index (Phi) is 6.29. The molecule has 19 heavy (non-hydrogen) atoms. The number of carbonyl (C=O) groups is 1. The lowest BCUT2D eigenvalue weighted by Crippen LogP contribution is -2.08. The van der Waals surface area contributed by atoms with Crippen LogP contribution in [0.1, 0.15) is 23.2 Å². The van der Waals surface area contributed by atoms with Crippen molar-refractivity contribution in [2.75, 3.05) is 32.4 Å². The average molecular weight is 288 g/mol. The monoisotopic (exact) mass is 287 g/mol. The number of rotatable bonds is 7. The first kappa shape index (κ1) is 15.4. The number of anilines is 1. The standard InChI is InChI=1S/C13H18ClNO4/c1-17-11-7-9(13(16)18-2)10(15)8-12(11)19-6-4-3-5-14/h7-8H,3-6,15H2,1-2H3. The van der Waals surface area contributed by atoms with Gasteiger partial charge in [0.15, 0.2) is 11.5 Å². The Labute approximate surface area is 117 Å². The molecule has 5 nitrogen and oxygen atoms in total. The quantitative estimate of drug-likeness (QED) is 0.361. The number of hydrogen-bond acceptors (Lipinski definition) is 5. The number of carbonyl (C=O) groups excluding carboxylic acids is 1. The van der Waals surface area contributed by atoms with Gasteiger partial charge in [-0.3, -0.25) is 0 Å². The Balaban J connectivity index is 2.87. The molecule has 0 aliphatic carbocycles. The molecule has 0 aliphatic heterocycles. The molecule has 1 aromatic carbocycles. The van der Waals surface area contributed by atoms with Crippen molar-refractivity contribution in [3.63, 3.8) is 0 Å². The number of nitrogen functional groups attached to an aromatic ring is 1. The van der Waals surface area contributed by atoms with Crippen LogP contribution in [-0.4, -0.2) is 32.7 Å². The van der Waals surface area contributed by atoms with Crippen LogP contribution < -0.4 is 15.2 Å². The van der Waals surface area contributed by atoms with Gasteiger partial charge in [-0.05, 0) is 12.8 Å². The second-order valence-corrected chi connectivity index (χ2v) is 4.20. The normalized spacial score (nSPS) is 10.1. The fourth-order valence-corrected chi connectivity index (χ4v) is 1.70. The van der Waals surface area contributed by atoms with Crippen LogP contribution in [0.5, 0.6) is 11.5 Å². The highest BCUT2D eigenvalue weighted by atomic mass is 35.5. The Bertz CT molecular complexity index is 437. The topological polar surface area (TPSA) is 70.8 Å². The van der Waals surface area contributed by atoms with Gasteiger partial charge >= 0.3 is 5.97 Å². The molecule has 0 radical (unpaired) electrons. The summed E-state index contributed by atoms with van der Waals surface area (Å²) < 4.78 is 15.4. The number of nitrogens with two attached hydrogens (primary N) is 1. The summed E-state index contributed by atoms with van der Waals surface area (Å²) in [6.07, 6.45) is 1.71. The molecule has 0 fully saturated rings. The summed E-state index contributed by atoms with van der Waals surface area (Å²) in [5.74, 6) is 1.04. The Morgan fingerprint density at radius 2 is 2.00 bits per heavy atom. The van der Waals surface area contributed by atoms with Crippen molar-refractivity contribution in [1.82, 2.24) is 0 Å². The summed E-state index contributed by atoms with van der Waals surface area (Å²) in [5.41, 5.74) is 6.34. The Morgan fingerprint density at radius 1 is 1.26 bits per heavy atom. The van der Waals surface area contributed by atoms with Crippen molar-refractivity contribution in [3.8, 4) is 11.5 Å². The van der Waals surface area contributed by atoms with Crippen molar-refractivity contribution < 1.29 is 19.0 Å². The summed E-state index contributed by atoms with van der Waals surface area (Å²) in [6.45, 7) is 0.514. The number of ether oxygens (including phenoxy) is 3. The molecule has 0 unspecified atom stereocenters. The van der Waals surface area contributed by atoms with Gasteiger partial charge in [0.05, 0.1) is 32.1 Å². The van der Waals surface area contributed by atoms with Crippen LogP contribution in [0.3, 0.4) is 0 Å². The predicted octanol–water partition coefficient (Wildman–Crippen LogP) is 2.46. The van der Waals surface area contributed by atoms with Gasteiger partial charge in [-0.1, -0.05) is 0 Å². The highest BCUT2D eigenvalue weighted by Gasteiger charge is 2.15. The molecule has 0 spiro atoms. The molecule has 2 N–H and O–H groups in total. The van der Waals surface area contributed by atoms with Crippen molar-refractivity contribution in [2.24, 2.45) is 0 Å². The van der Waals surface area contributed by atoms with E-state index in [4.69, 9.17) is 26.8 Å². The van der Waals surface area contributed by atoms with E-state index in [1.54, 1.807) is 6.07 Å². The fraction of sp³-hybridized carbons (Fsp3) is 0.462. The van der Waals surface area contributed by atoms with Crippen LogP contribution in [0.2, 0.25) is 0 Å². The lowest BCUT2D eigenvalue weighted by Gasteiger charge is -2.13. The first-order valence-corrected chi connectivity index (χ1v) is 6.42. The van der Waals surface area contributed by atoms with E-state index in [2.05, 4.69) is 4.74 Å². The number of alkyl halides is 1. The molecule has 1 rings (SSSR count). The molecule has 0 aromatic heterocycles. The van der Waals surface area contributed by atoms with E-state index >= 15 is 0 Å². The van der Waals surface area contributed by atoms with E-state index in [9.17, 15) is 4.79 Å². The van der Waals surface area contributed by atoms with Crippen LogP contribution >= 0.6 is 11.6 Å². The summed E-state index contributed by atoms with van der Waals surface area (Å²) in [7, 11) is 2.79. The fourth-order valence-electron chi connectivity index (χ4n) is 1.51. The number of esters is 1. The third kappa shape index (κ3) is 4.21. The molecule has 0 saturated carbocycles. The van der Waals surface area contributed by atoms with E-state index in [0.29, 0.717) is 29.7 Å². The van der Waals surface area contributed by atoms with Crippen molar-refractivity contribution >= 4 is 23.3 Å². The van der Waals surface area contributed by atoms with E-state index in [-0.39, 0.29) is 5.56 Å². The van der Waals surface area contributed by atoms with Crippen LogP contribution in [-0.2, 0) is 4.74 Å². The zero-order valence-electron chi connectivity index (χ0n) is 11.1. The molecular formula is C13H18ClNO4. The van der Waals surface area contributed by atoms with Gasteiger partial charge < -0.3 is 19.9 Å². The summed E-state index contributed by atoms with van der Waals surface area (Å²) >= 11 is 5.59. The summed E-state index contributed by atoms with van der Waals surface area (Å²) in [6, 6.07) is 3.07. The van der Waals surface area contributed by atoms with Crippen LogP contribution in [0.15, 0.2) is 12.1 Å². The van der Waals surface area contributed by atoms with E-state index in [1.165, 1.54) is 20.3 Å². The number of unbranched alkanes of at least 4 members (excludes halogenated alkanes) is 1. The first-order chi connectivity index (χ1) is 9.13. The third-order valence-corrected chi connectivity index (χ3v) is 2.79. The zero-order valence-corrected chi connectivity index (χ0v) is 11.8. The van der Waals surface area contributed by atoms with Crippen LogP contribution in [0.4, 0.5) is 5.69 Å².